The van der Waals surface area contributed by atoms with Gasteiger partial charge in [0.1, 0.15) is 11.2 Å². The average molecular weight is 734 g/mol. The lowest BCUT2D eigenvalue weighted by molar-refractivity contribution is 0.670. The van der Waals surface area contributed by atoms with Crippen LogP contribution in [0.4, 0.5) is 0 Å². The van der Waals surface area contributed by atoms with Crippen LogP contribution in [0.1, 0.15) is 0 Å². The van der Waals surface area contributed by atoms with E-state index in [1.54, 1.807) is 0 Å². The van der Waals surface area contributed by atoms with Crippen LogP contribution in [0, 0.1) is 0 Å². The standard InChI is InChI=1S/C51H31N3OS/c1-4-14-32(15-5-1)35-26-29-45-43(31-35)41-24-13-23-40(48(41)56-45)39-28-27-38(46-42-22-10-11-25-44(42)55-47(39)46)36-20-12-21-37(30-36)51-53-49(33-16-6-2-7-17-33)52-50(54-51)34-18-8-3-9-19-34/h1-31H. The molecule has 0 amide bonds. The Bertz CT molecular complexity index is 3180. The molecule has 0 fully saturated rings. The topological polar surface area (TPSA) is 51.8 Å². The Balaban J connectivity index is 1.08. The molecule has 0 saturated heterocycles. The van der Waals surface area contributed by atoms with Gasteiger partial charge in [0.15, 0.2) is 17.5 Å². The van der Waals surface area contributed by atoms with Crippen molar-refractivity contribution in [1.29, 1.82) is 0 Å². The lowest BCUT2D eigenvalue weighted by Crippen LogP contribution is -2.00. The zero-order valence-electron chi connectivity index (χ0n) is 30.1. The molecule has 262 valence electrons. The molecule has 0 atom stereocenters. The second kappa shape index (κ2) is 13.3. The summed E-state index contributed by atoms with van der Waals surface area (Å²) in [7, 11) is 0. The van der Waals surface area contributed by atoms with Gasteiger partial charge < -0.3 is 4.42 Å². The number of hydrogen-bond donors (Lipinski definition) is 0. The summed E-state index contributed by atoms with van der Waals surface area (Å²) in [6.45, 7) is 0. The molecule has 0 spiro atoms. The first-order valence-corrected chi connectivity index (χ1v) is 19.5. The fourth-order valence-electron chi connectivity index (χ4n) is 7.87. The van der Waals surface area contributed by atoms with E-state index in [-0.39, 0.29) is 0 Å². The molecular weight excluding hydrogens is 703 g/mol. The average Bonchev–Trinajstić information content (AvgIpc) is 3.86. The Labute approximate surface area is 327 Å². The largest absolute Gasteiger partial charge is 0.455 e. The van der Waals surface area contributed by atoms with E-state index < -0.39 is 0 Å². The molecule has 0 bridgehead atoms. The molecule has 0 saturated carbocycles. The highest BCUT2D eigenvalue weighted by Crippen LogP contribution is 2.46. The molecule has 56 heavy (non-hydrogen) atoms. The van der Waals surface area contributed by atoms with Crippen LogP contribution >= 0.6 is 11.3 Å². The molecule has 11 rings (SSSR count). The van der Waals surface area contributed by atoms with Gasteiger partial charge in [0.05, 0.1) is 0 Å². The quantitative estimate of drug-likeness (QED) is 0.171. The summed E-state index contributed by atoms with van der Waals surface area (Å²) >= 11 is 1.84. The van der Waals surface area contributed by atoms with Crippen molar-refractivity contribution in [1.82, 2.24) is 15.0 Å². The van der Waals surface area contributed by atoms with E-state index in [1.807, 2.05) is 78.1 Å². The van der Waals surface area contributed by atoms with Crippen LogP contribution < -0.4 is 0 Å². The van der Waals surface area contributed by atoms with Crippen molar-refractivity contribution in [3.05, 3.63) is 188 Å². The van der Waals surface area contributed by atoms with Gasteiger partial charge in [-0.25, -0.2) is 15.0 Å². The van der Waals surface area contributed by atoms with Crippen molar-refractivity contribution >= 4 is 53.4 Å². The minimum absolute atomic E-state index is 0.622. The SMILES string of the molecule is c1ccc(-c2ccc3sc4c(-c5ccc(-c6cccc(-c7nc(-c8ccccc8)nc(-c8ccccc8)n7)c6)c6c5oc5ccccc56)cccc4c3c2)cc1. The number of para-hydroxylation sites is 1. The fraction of sp³-hybridized carbons (Fsp3) is 0. The molecular formula is C51H31N3OS. The summed E-state index contributed by atoms with van der Waals surface area (Å²) in [5.41, 5.74) is 11.4. The highest BCUT2D eigenvalue weighted by Gasteiger charge is 2.21. The number of aromatic nitrogens is 3. The van der Waals surface area contributed by atoms with Gasteiger partial charge in [0.25, 0.3) is 0 Å². The molecule has 0 aliphatic carbocycles. The van der Waals surface area contributed by atoms with Gasteiger partial charge in [-0.15, -0.1) is 11.3 Å². The molecule has 3 heterocycles. The molecule has 8 aromatic carbocycles. The molecule has 0 aliphatic heterocycles. The molecule has 0 unspecified atom stereocenters. The number of rotatable bonds is 6. The van der Waals surface area contributed by atoms with Gasteiger partial charge in [-0.05, 0) is 52.6 Å². The summed E-state index contributed by atoms with van der Waals surface area (Å²) < 4.78 is 9.34. The Morgan fingerprint density at radius 3 is 1.66 bits per heavy atom. The number of nitrogens with zero attached hydrogens (tertiary/aromatic N) is 3. The van der Waals surface area contributed by atoms with Gasteiger partial charge in [-0.3, -0.25) is 0 Å². The lowest BCUT2D eigenvalue weighted by atomic mass is 9.93. The second-order valence-corrected chi connectivity index (χ2v) is 15.0. The number of furan rings is 1. The number of benzene rings is 8. The summed E-state index contributed by atoms with van der Waals surface area (Å²) in [4.78, 5) is 14.9. The molecule has 0 N–H and O–H groups in total. The third-order valence-electron chi connectivity index (χ3n) is 10.6. The maximum Gasteiger partial charge on any atom is 0.164 e. The zero-order chi connectivity index (χ0) is 37.0. The van der Waals surface area contributed by atoms with Gasteiger partial charge in [0, 0.05) is 58.8 Å². The Morgan fingerprint density at radius 1 is 0.357 bits per heavy atom. The second-order valence-electron chi connectivity index (χ2n) is 13.9. The van der Waals surface area contributed by atoms with Crippen LogP contribution in [0.15, 0.2) is 192 Å². The minimum atomic E-state index is 0.622. The lowest BCUT2D eigenvalue weighted by Gasteiger charge is -2.11. The number of fused-ring (bicyclic) bond motifs is 6. The molecule has 5 heteroatoms. The van der Waals surface area contributed by atoms with E-state index in [9.17, 15) is 0 Å². The molecule has 11 aromatic rings. The highest BCUT2D eigenvalue weighted by molar-refractivity contribution is 7.26. The first-order valence-electron chi connectivity index (χ1n) is 18.7. The maximum atomic E-state index is 6.82. The van der Waals surface area contributed by atoms with Crippen LogP contribution in [0.5, 0.6) is 0 Å². The maximum absolute atomic E-state index is 6.82. The van der Waals surface area contributed by atoms with Crippen LogP contribution in [-0.4, -0.2) is 15.0 Å². The number of hydrogen-bond acceptors (Lipinski definition) is 5. The van der Waals surface area contributed by atoms with Gasteiger partial charge in [0.2, 0.25) is 0 Å². The van der Waals surface area contributed by atoms with Crippen molar-refractivity contribution in [3.8, 4) is 67.5 Å². The van der Waals surface area contributed by atoms with Crippen molar-refractivity contribution in [3.63, 3.8) is 0 Å². The van der Waals surface area contributed by atoms with E-state index in [1.165, 1.54) is 36.9 Å². The zero-order valence-corrected chi connectivity index (χ0v) is 30.9. The fourth-order valence-corrected chi connectivity index (χ4v) is 9.08. The summed E-state index contributed by atoms with van der Waals surface area (Å²) in [6.07, 6.45) is 0. The van der Waals surface area contributed by atoms with Crippen molar-refractivity contribution in [2.75, 3.05) is 0 Å². The van der Waals surface area contributed by atoms with E-state index in [4.69, 9.17) is 19.4 Å². The van der Waals surface area contributed by atoms with Crippen molar-refractivity contribution in [2.24, 2.45) is 0 Å². The molecule has 0 radical (unpaired) electrons. The van der Waals surface area contributed by atoms with Gasteiger partial charge >= 0.3 is 0 Å². The minimum Gasteiger partial charge on any atom is -0.455 e. The van der Waals surface area contributed by atoms with Crippen LogP contribution in [0.3, 0.4) is 0 Å². The van der Waals surface area contributed by atoms with Gasteiger partial charge in [-0.2, -0.15) is 0 Å². The smallest absolute Gasteiger partial charge is 0.164 e. The van der Waals surface area contributed by atoms with Crippen molar-refractivity contribution < 1.29 is 4.42 Å². The summed E-state index contributed by atoms with van der Waals surface area (Å²) in [5.74, 6) is 1.90. The summed E-state index contributed by atoms with van der Waals surface area (Å²) in [5, 5.41) is 4.69. The third kappa shape index (κ3) is 5.48. The van der Waals surface area contributed by atoms with Crippen LogP contribution in [-0.2, 0) is 0 Å². The van der Waals surface area contributed by atoms with Crippen molar-refractivity contribution in [2.45, 2.75) is 0 Å². The first kappa shape index (κ1) is 32.2. The van der Waals surface area contributed by atoms with E-state index >= 15 is 0 Å². The molecule has 0 aliphatic rings. The van der Waals surface area contributed by atoms with E-state index in [2.05, 4.69) is 121 Å². The normalized spacial score (nSPS) is 11.6. The van der Waals surface area contributed by atoms with Crippen LogP contribution in [0.25, 0.3) is 110 Å². The Morgan fingerprint density at radius 2 is 0.929 bits per heavy atom. The molecule has 3 aromatic heterocycles. The molecule has 4 nitrogen and oxygen atoms in total. The Hall–Kier alpha value is -7.21. The Kier molecular flexibility index (Phi) is 7.64. The predicted molar refractivity (Wildman–Crippen MR) is 233 cm³/mol. The van der Waals surface area contributed by atoms with E-state index in [0.717, 1.165) is 55.3 Å². The predicted octanol–water partition coefficient (Wildman–Crippen LogP) is 14.1. The first-order chi connectivity index (χ1) is 27.7. The highest BCUT2D eigenvalue weighted by atomic mass is 32.1. The number of thiophene rings is 1. The van der Waals surface area contributed by atoms with Crippen LogP contribution in [0.2, 0.25) is 0 Å². The third-order valence-corrected chi connectivity index (χ3v) is 11.8. The summed E-state index contributed by atoms with van der Waals surface area (Å²) in [6, 6.07) is 65.6. The van der Waals surface area contributed by atoms with Gasteiger partial charge in [-0.1, -0.05) is 158 Å². The van der Waals surface area contributed by atoms with E-state index in [0.29, 0.717) is 17.5 Å². The monoisotopic (exact) mass is 733 g/mol.